The van der Waals surface area contributed by atoms with Crippen molar-refractivity contribution in [3.63, 3.8) is 0 Å². The van der Waals surface area contributed by atoms with Gasteiger partial charge in [-0.15, -0.1) is 6.58 Å². The minimum atomic E-state index is -1.69. The summed E-state index contributed by atoms with van der Waals surface area (Å²) in [5, 5.41) is 0. The van der Waals surface area contributed by atoms with Gasteiger partial charge in [-0.05, 0) is 74.5 Å². The average Bonchev–Trinajstić information content (AvgIpc) is 3.33. The maximum atomic E-state index is 14.0. The van der Waals surface area contributed by atoms with E-state index < -0.39 is 91.3 Å². The van der Waals surface area contributed by atoms with E-state index >= 15 is 0 Å². The van der Waals surface area contributed by atoms with E-state index in [1.54, 1.807) is 141 Å². The molecular weight excluding hydrogens is 825 g/mol. The molecule has 64 heavy (non-hydrogen) atoms. The number of hydrogen-bond donors (Lipinski definition) is 0. The Balaban J connectivity index is 1.31. The van der Waals surface area contributed by atoms with Crippen molar-refractivity contribution in [1.29, 1.82) is 0 Å². The van der Waals surface area contributed by atoms with Gasteiger partial charge in [0.15, 0.2) is 49.2 Å². The summed E-state index contributed by atoms with van der Waals surface area (Å²) in [5.74, 6) is -4.05. The standard InChI is InChI=1S/C50H46O14/c1-4-30-56-49-42(40(61-46(53)35-24-14-7-15-25-35)38(31(2)57-49)59-44(51)33-20-10-5-11-21-33)64-50-43(63-48(55)37-28-18-9-19-29-37)41(62-47(54)36-26-16-8-17-27-36)39(32(3)58-50)60-45(52)34-22-12-6-13-23-34/h4-29,31-32,38-43,49-50H,1,30H2,2-3H3/t31-,32-,38-,39-,40+,41+,42+,43+,49+,50-/m0/s1. The molecule has 0 radical (unpaired) electrons. The smallest absolute Gasteiger partial charge is 0.338 e. The van der Waals surface area contributed by atoms with E-state index in [2.05, 4.69) is 6.58 Å². The van der Waals surface area contributed by atoms with Crippen LogP contribution in [0.5, 0.6) is 0 Å². The molecule has 0 aliphatic carbocycles. The molecule has 0 saturated carbocycles. The number of carbonyl (C=O) groups excluding carboxylic acids is 5. The zero-order valence-electron chi connectivity index (χ0n) is 34.9. The summed E-state index contributed by atoms with van der Waals surface area (Å²) in [5.41, 5.74) is 0.834. The van der Waals surface area contributed by atoms with Gasteiger partial charge in [0, 0.05) is 0 Å². The molecule has 330 valence electrons. The highest BCUT2D eigenvalue weighted by Crippen LogP contribution is 2.36. The first kappa shape index (κ1) is 45.1. The maximum absolute atomic E-state index is 14.0. The lowest BCUT2D eigenvalue weighted by molar-refractivity contribution is -0.358. The Hall–Kier alpha value is -6.97. The third-order valence-corrected chi connectivity index (χ3v) is 10.4. The van der Waals surface area contributed by atoms with Crippen LogP contribution in [-0.4, -0.2) is 97.9 Å². The Morgan fingerprint density at radius 1 is 0.422 bits per heavy atom. The average molecular weight is 871 g/mol. The van der Waals surface area contributed by atoms with Crippen LogP contribution in [0.1, 0.15) is 65.6 Å². The zero-order chi connectivity index (χ0) is 45.0. The normalized spacial score (nSPS) is 25.2. The van der Waals surface area contributed by atoms with Crippen molar-refractivity contribution >= 4 is 29.8 Å². The minimum absolute atomic E-state index is 0.0752. The third kappa shape index (κ3) is 11.0. The van der Waals surface area contributed by atoms with E-state index in [0.717, 1.165) is 0 Å². The number of esters is 5. The van der Waals surface area contributed by atoms with E-state index in [1.165, 1.54) is 30.3 Å². The van der Waals surface area contributed by atoms with Gasteiger partial charge in [-0.25, -0.2) is 24.0 Å². The first-order valence-corrected chi connectivity index (χ1v) is 20.6. The Morgan fingerprint density at radius 3 is 1.03 bits per heavy atom. The minimum Gasteiger partial charge on any atom is -0.452 e. The van der Waals surface area contributed by atoms with Gasteiger partial charge in [0.25, 0.3) is 0 Å². The Bertz CT molecular complexity index is 2350. The second-order valence-corrected chi connectivity index (χ2v) is 14.8. The molecule has 5 aromatic rings. The number of ether oxygens (including phenoxy) is 9. The molecule has 0 bridgehead atoms. The van der Waals surface area contributed by atoms with Crippen molar-refractivity contribution in [1.82, 2.24) is 0 Å². The zero-order valence-corrected chi connectivity index (χ0v) is 34.9. The molecule has 2 heterocycles. The molecule has 0 N–H and O–H groups in total. The lowest BCUT2D eigenvalue weighted by atomic mass is 9.96. The van der Waals surface area contributed by atoms with E-state index in [-0.39, 0.29) is 34.4 Å². The fourth-order valence-electron chi connectivity index (χ4n) is 7.20. The Kier molecular flexibility index (Phi) is 15.1. The lowest BCUT2D eigenvalue weighted by Gasteiger charge is -2.48. The molecular formula is C50H46O14. The monoisotopic (exact) mass is 870 g/mol. The van der Waals surface area contributed by atoms with Gasteiger partial charge in [-0.2, -0.15) is 0 Å². The highest BCUT2D eigenvalue weighted by molar-refractivity contribution is 5.92. The van der Waals surface area contributed by atoms with E-state index in [9.17, 15) is 24.0 Å². The summed E-state index contributed by atoms with van der Waals surface area (Å²) < 4.78 is 56.2. The van der Waals surface area contributed by atoms with Crippen LogP contribution in [0.15, 0.2) is 164 Å². The number of benzene rings is 5. The fourth-order valence-corrected chi connectivity index (χ4v) is 7.20. The molecule has 7 rings (SSSR count). The molecule has 2 fully saturated rings. The van der Waals surface area contributed by atoms with Crippen molar-refractivity contribution in [2.75, 3.05) is 6.61 Å². The predicted molar refractivity (Wildman–Crippen MR) is 228 cm³/mol. The van der Waals surface area contributed by atoms with Gasteiger partial charge in [-0.1, -0.05) is 97.1 Å². The summed E-state index contributed by atoms with van der Waals surface area (Å²) in [6.07, 6.45) is -12.7. The third-order valence-electron chi connectivity index (χ3n) is 10.4. The molecule has 2 aliphatic heterocycles. The second-order valence-electron chi connectivity index (χ2n) is 14.8. The molecule has 0 unspecified atom stereocenters. The quantitative estimate of drug-likeness (QED) is 0.0589. The van der Waals surface area contributed by atoms with E-state index in [1.807, 2.05) is 0 Å². The maximum Gasteiger partial charge on any atom is 0.338 e. The van der Waals surface area contributed by atoms with E-state index in [0.29, 0.717) is 0 Å². The molecule has 5 aromatic carbocycles. The number of hydrogen-bond acceptors (Lipinski definition) is 14. The van der Waals surface area contributed by atoms with Gasteiger partial charge < -0.3 is 42.6 Å². The molecule has 0 spiro atoms. The van der Waals surface area contributed by atoms with Gasteiger partial charge in [0.1, 0.15) is 0 Å². The number of rotatable bonds is 15. The SMILES string of the molecule is C=CCO[C@@H]1O[C@@H](C)[C@H](OC(=O)c2ccccc2)[C@@H](OC(=O)c2ccccc2)[C@H]1O[C@@H]1O[C@@H](C)[C@H](OC(=O)c2ccccc2)[C@@H](OC(=O)c2ccccc2)[C@H]1OC(=O)c1ccccc1. The summed E-state index contributed by atoms with van der Waals surface area (Å²) in [7, 11) is 0. The highest BCUT2D eigenvalue weighted by Gasteiger charge is 2.57. The van der Waals surface area contributed by atoms with Crippen molar-refractivity contribution < 1.29 is 66.6 Å². The summed E-state index contributed by atoms with van der Waals surface area (Å²) in [6.45, 7) is 6.84. The number of carbonyl (C=O) groups is 5. The van der Waals surface area contributed by atoms with Gasteiger partial charge in [0.2, 0.25) is 0 Å². The molecule has 0 aromatic heterocycles. The largest absolute Gasteiger partial charge is 0.452 e. The molecule has 2 saturated heterocycles. The van der Waals surface area contributed by atoms with Crippen molar-refractivity contribution in [2.24, 2.45) is 0 Å². The summed E-state index contributed by atoms with van der Waals surface area (Å²) >= 11 is 0. The van der Waals surface area contributed by atoms with E-state index in [4.69, 9.17) is 42.6 Å². The Morgan fingerprint density at radius 2 is 0.703 bits per heavy atom. The van der Waals surface area contributed by atoms with Gasteiger partial charge in [0.05, 0.1) is 46.6 Å². The van der Waals surface area contributed by atoms with Crippen molar-refractivity contribution in [3.8, 4) is 0 Å². The van der Waals surface area contributed by atoms with Crippen LogP contribution in [0.25, 0.3) is 0 Å². The van der Waals surface area contributed by atoms with Crippen LogP contribution in [-0.2, 0) is 42.6 Å². The molecule has 14 heteroatoms. The van der Waals surface area contributed by atoms with Crippen LogP contribution < -0.4 is 0 Å². The van der Waals surface area contributed by atoms with Crippen molar-refractivity contribution in [2.45, 2.75) is 75.3 Å². The molecule has 14 nitrogen and oxygen atoms in total. The van der Waals surface area contributed by atoms with Crippen LogP contribution in [0.4, 0.5) is 0 Å². The lowest BCUT2D eigenvalue weighted by Crippen LogP contribution is -2.66. The van der Waals surface area contributed by atoms with Crippen LogP contribution in [0.3, 0.4) is 0 Å². The van der Waals surface area contributed by atoms with Crippen LogP contribution >= 0.6 is 0 Å². The first-order chi connectivity index (χ1) is 31.1. The molecule has 10 atom stereocenters. The van der Waals surface area contributed by atoms with Crippen LogP contribution in [0.2, 0.25) is 0 Å². The topological polar surface area (TPSA) is 168 Å². The highest BCUT2D eigenvalue weighted by atomic mass is 16.8. The second kappa shape index (κ2) is 21.4. The Labute approximate surface area is 369 Å². The molecule has 0 amide bonds. The fraction of sp³-hybridized carbons (Fsp3) is 0.260. The van der Waals surface area contributed by atoms with Gasteiger partial charge >= 0.3 is 29.8 Å². The van der Waals surface area contributed by atoms with Crippen molar-refractivity contribution in [3.05, 3.63) is 192 Å². The van der Waals surface area contributed by atoms with Gasteiger partial charge in [-0.3, -0.25) is 0 Å². The molecule has 2 aliphatic rings. The summed E-state index contributed by atoms with van der Waals surface area (Å²) in [4.78, 5) is 69.3. The first-order valence-electron chi connectivity index (χ1n) is 20.6. The van der Waals surface area contributed by atoms with Crippen LogP contribution in [0, 0.1) is 0 Å². The predicted octanol–water partition coefficient (Wildman–Crippen LogP) is 7.19. The summed E-state index contributed by atoms with van der Waals surface area (Å²) in [6, 6.07) is 40.5.